The van der Waals surface area contributed by atoms with Crippen LogP contribution < -0.4 is 16.0 Å². The smallest absolute Gasteiger partial charge is 0.319 e. The molecule has 0 saturated carbocycles. The van der Waals surface area contributed by atoms with E-state index in [2.05, 4.69) is 25.9 Å². The van der Waals surface area contributed by atoms with Gasteiger partial charge in [0.1, 0.15) is 11.9 Å². The summed E-state index contributed by atoms with van der Waals surface area (Å²) in [5.74, 6) is 0.544. The molecule has 0 radical (unpaired) electrons. The van der Waals surface area contributed by atoms with E-state index in [1.54, 1.807) is 19.1 Å². The first-order valence-electron chi connectivity index (χ1n) is 9.31. The molecule has 1 heterocycles. The highest BCUT2D eigenvalue weighted by Crippen LogP contribution is 2.22. The minimum Gasteiger partial charge on any atom is -0.344 e. The van der Waals surface area contributed by atoms with E-state index in [0.29, 0.717) is 11.5 Å². The van der Waals surface area contributed by atoms with Gasteiger partial charge in [-0.3, -0.25) is 4.79 Å². The lowest BCUT2D eigenvalue weighted by Gasteiger charge is -2.23. The number of para-hydroxylation sites is 3. The molecule has 146 valence electrons. The van der Waals surface area contributed by atoms with Crippen LogP contribution in [0.1, 0.15) is 32.6 Å². The van der Waals surface area contributed by atoms with Gasteiger partial charge in [-0.2, -0.15) is 0 Å². The lowest BCUT2D eigenvalue weighted by atomic mass is 10.0. The summed E-state index contributed by atoms with van der Waals surface area (Å²) in [6, 6.07) is 15.4. The van der Waals surface area contributed by atoms with Crippen molar-refractivity contribution in [3.63, 3.8) is 0 Å². The summed E-state index contributed by atoms with van der Waals surface area (Å²) in [5.41, 5.74) is 2.44. The summed E-state index contributed by atoms with van der Waals surface area (Å²) in [6.45, 7) is 5.67. The Bertz CT molecular complexity index is 919. The molecule has 7 nitrogen and oxygen atoms in total. The largest absolute Gasteiger partial charge is 0.344 e. The van der Waals surface area contributed by atoms with E-state index in [1.807, 2.05) is 56.3 Å². The maximum Gasteiger partial charge on any atom is 0.319 e. The molecule has 2 atom stereocenters. The van der Waals surface area contributed by atoms with Gasteiger partial charge in [0.25, 0.3) is 0 Å². The van der Waals surface area contributed by atoms with Crippen molar-refractivity contribution in [2.24, 2.45) is 5.92 Å². The van der Waals surface area contributed by atoms with Crippen LogP contribution in [0.2, 0.25) is 0 Å². The van der Waals surface area contributed by atoms with Gasteiger partial charge in [0, 0.05) is 5.69 Å². The third-order valence-corrected chi connectivity index (χ3v) is 4.44. The highest BCUT2D eigenvalue weighted by molar-refractivity contribution is 5.93. The Hall–Kier alpha value is -3.35. The van der Waals surface area contributed by atoms with Crippen LogP contribution >= 0.6 is 0 Å². The van der Waals surface area contributed by atoms with Crippen molar-refractivity contribution in [2.75, 3.05) is 5.32 Å². The number of fused-ring (bicyclic) bond motifs is 1. The fourth-order valence-electron chi connectivity index (χ4n) is 2.90. The highest BCUT2D eigenvalue weighted by atomic mass is 16.2. The second-order valence-corrected chi connectivity index (χ2v) is 7.06. The van der Waals surface area contributed by atoms with Gasteiger partial charge >= 0.3 is 6.03 Å². The van der Waals surface area contributed by atoms with Gasteiger partial charge in [0.05, 0.1) is 17.1 Å². The first kappa shape index (κ1) is 19.4. The summed E-state index contributed by atoms with van der Waals surface area (Å²) >= 11 is 0. The molecule has 3 rings (SSSR count). The number of amides is 3. The number of carbonyl (C=O) groups excluding carboxylic acids is 2. The van der Waals surface area contributed by atoms with Gasteiger partial charge in [-0.15, -0.1) is 0 Å². The molecule has 0 aliphatic heterocycles. The maximum absolute atomic E-state index is 12.6. The van der Waals surface area contributed by atoms with E-state index in [9.17, 15) is 9.59 Å². The lowest BCUT2D eigenvalue weighted by molar-refractivity contribution is -0.123. The molecule has 2 aromatic carbocycles. The van der Waals surface area contributed by atoms with Crippen LogP contribution in [0.5, 0.6) is 0 Å². The van der Waals surface area contributed by atoms with Gasteiger partial charge < -0.3 is 20.9 Å². The minimum absolute atomic E-state index is 0.120. The molecule has 7 heteroatoms. The van der Waals surface area contributed by atoms with E-state index < -0.39 is 12.1 Å². The number of hydrogen-bond acceptors (Lipinski definition) is 3. The standard InChI is InChI=1S/C21H25N5O2/c1-13(2)18(19-24-16-11-7-8-12-17(16)25-19)26-20(27)14(3)22-21(28)23-15-9-5-4-6-10-15/h4-14,18H,1-3H3,(H,24,25)(H,26,27)(H2,22,23,28)/t14-,18+/m1/s1. The van der Waals surface area contributed by atoms with Crippen LogP contribution in [0.4, 0.5) is 10.5 Å². The fourth-order valence-corrected chi connectivity index (χ4v) is 2.90. The van der Waals surface area contributed by atoms with Gasteiger partial charge in [0.2, 0.25) is 5.91 Å². The number of hydrogen-bond donors (Lipinski definition) is 4. The monoisotopic (exact) mass is 379 g/mol. The molecule has 0 fully saturated rings. The summed E-state index contributed by atoms with van der Waals surface area (Å²) < 4.78 is 0. The number of aromatic amines is 1. The molecule has 0 spiro atoms. The average molecular weight is 379 g/mol. The van der Waals surface area contributed by atoms with Gasteiger partial charge in [-0.25, -0.2) is 9.78 Å². The Morgan fingerprint density at radius 2 is 1.61 bits per heavy atom. The Morgan fingerprint density at radius 1 is 0.929 bits per heavy atom. The summed E-state index contributed by atoms with van der Waals surface area (Å²) in [5, 5.41) is 8.35. The number of H-pyrrole nitrogens is 1. The van der Waals surface area contributed by atoms with Crippen molar-refractivity contribution in [3.8, 4) is 0 Å². The highest BCUT2D eigenvalue weighted by Gasteiger charge is 2.25. The number of carbonyl (C=O) groups is 2. The van der Waals surface area contributed by atoms with Crippen molar-refractivity contribution in [2.45, 2.75) is 32.9 Å². The third kappa shape index (κ3) is 4.68. The number of urea groups is 1. The number of nitrogens with zero attached hydrogens (tertiary/aromatic N) is 1. The predicted molar refractivity (Wildman–Crippen MR) is 110 cm³/mol. The Kier molecular flexibility index (Phi) is 5.93. The SMILES string of the molecule is CC(C)[C@H](NC(=O)[C@@H](C)NC(=O)Nc1ccccc1)c1nc2ccccc2[nH]1. The molecular formula is C21H25N5O2. The van der Waals surface area contributed by atoms with Gasteiger partial charge in [-0.05, 0) is 37.1 Å². The number of imidazole rings is 1. The molecule has 0 saturated heterocycles. The van der Waals surface area contributed by atoms with E-state index >= 15 is 0 Å². The normalized spacial score (nSPS) is 13.1. The van der Waals surface area contributed by atoms with Crippen LogP contribution in [0.25, 0.3) is 11.0 Å². The zero-order valence-electron chi connectivity index (χ0n) is 16.2. The van der Waals surface area contributed by atoms with Crippen LogP contribution in [0.3, 0.4) is 0 Å². The van der Waals surface area contributed by atoms with Gasteiger partial charge in [-0.1, -0.05) is 44.2 Å². The summed E-state index contributed by atoms with van der Waals surface area (Å²) in [7, 11) is 0. The maximum atomic E-state index is 12.6. The molecule has 0 bridgehead atoms. The van der Waals surface area contributed by atoms with E-state index in [4.69, 9.17) is 0 Å². The molecule has 0 aliphatic rings. The topological polar surface area (TPSA) is 98.9 Å². The van der Waals surface area contributed by atoms with Crippen LogP contribution in [-0.2, 0) is 4.79 Å². The average Bonchev–Trinajstić information content (AvgIpc) is 3.09. The van der Waals surface area contributed by atoms with Crippen molar-refractivity contribution < 1.29 is 9.59 Å². The second-order valence-electron chi connectivity index (χ2n) is 7.06. The summed E-state index contributed by atoms with van der Waals surface area (Å²) in [4.78, 5) is 32.6. The van der Waals surface area contributed by atoms with Crippen molar-refractivity contribution >= 4 is 28.7 Å². The molecule has 3 aromatic rings. The molecule has 1 aromatic heterocycles. The molecular weight excluding hydrogens is 354 g/mol. The van der Waals surface area contributed by atoms with Gasteiger partial charge in [0.15, 0.2) is 0 Å². The molecule has 0 aliphatic carbocycles. The summed E-state index contributed by atoms with van der Waals surface area (Å²) in [6.07, 6.45) is 0. The molecule has 4 N–H and O–H groups in total. The van der Waals surface area contributed by atoms with Crippen molar-refractivity contribution in [1.82, 2.24) is 20.6 Å². The number of benzene rings is 2. The zero-order chi connectivity index (χ0) is 20.1. The number of rotatable bonds is 6. The zero-order valence-corrected chi connectivity index (χ0v) is 16.2. The van der Waals surface area contributed by atoms with E-state index in [1.165, 1.54) is 0 Å². The number of anilines is 1. The number of nitrogens with one attached hydrogen (secondary N) is 4. The quantitative estimate of drug-likeness (QED) is 0.527. The van der Waals surface area contributed by atoms with Crippen molar-refractivity contribution in [3.05, 3.63) is 60.4 Å². The van der Waals surface area contributed by atoms with Crippen LogP contribution in [0.15, 0.2) is 54.6 Å². The van der Waals surface area contributed by atoms with Crippen molar-refractivity contribution in [1.29, 1.82) is 0 Å². The Labute approximate surface area is 163 Å². The fraction of sp³-hybridized carbons (Fsp3) is 0.286. The first-order valence-corrected chi connectivity index (χ1v) is 9.31. The van der Waals surface area contributed by atoms with Crippen LogP contribution in [0, 0.1) is 5.92 Å². The minimum atomic E-state index is -0.700. The lowest BCUT2D eigenvalue weighted by Crippen LogP contribution is -2.48. The Balaban J connectivity index is 1.64. The third-order valence-electron chi connectivity index (χ3n) is 4.44. The predicted octanol–water partition coefficient (Wildman–Crippen LogP) is 3.59. The van der Waals surface area contributed by atoms with E-state index in [0.717, 1.165) is 11.0 Å². The second kappa shape index (κ2) is 8.56. The van der Waals surface area contributed by atoms with E-state index in [-0.39, 0.29) is 17.9 Å². The Morgan fingerprint density at radius 3 is 2.29 bits per heavy atom. The number of aromatic nitrogens is 2. The first-order chi connectivity index (χ1) is 13.4. The molecule has 0 unspecified atom stereocenters. The molecule has 28 heavy (non-hydrogen) atoms. The molecule has 3 amide bonds. The van der Waals surface area contributed by atoms with Crippen LogP contribution in [-0.4, -0.2) is 27.9 Å².